The lowest BCUT2D eigenvalue weighted by atomic mass is 10.0. The maximum atomic E-state index is 12.0. The van der Waals surface area contributed by atoms with Crippen molar-refractivity contribution in [3.05, 3.63) is 35.0 Å². The molecular weight excluding hydrogens is 266 g/mol. The fourth-order valence-corrected chi connectivity index (χ4v) is 2.20. The van der Waals surface area contributed by atoms with Gasteiger partial charge in [-0.2, -0.15) is 0 Å². The Morgan fingerprint density at radius 3 is 2.68 bits per heavy atom. The largest absolute Gasteiger partial charge is 0.481 e. The highest BCUT2D eigenvalue weighted by Crippen LogP contribution is 2.23. The number of fused-ring (bicyclic) bond motifs is 1. The van der Waals surface area contributed by atoms with Gasteiger partial charge < -0.3 is 10.1 Å². The van der Waals surface area contributed by atoms with Crippen LogP contribution in [-0.4, -0.2) is 21.8 Å². The summed E-state index contributed by atoms with van der Waals surface area (Å²) in [5.74, 6) is -0.798. The number of Topliss-reactive ketones (excluding diaryl/α,β-unsaturated/α-hetero) is 1. The number of aromatic amines is 1. The van der Waals surface area contributed by atoms with Gasteiger partial charge in [0, 0.05) is 40.5 Å². The van der Waals surface area contributed by atoms with Crippen LogP contribution in [0.1, 0.15) is 36.0 Å². The number of carbonyl (C=O) groups is 2. The molecule has 0 aliphatic rings. The van der Waals surface area contributed by atoms with Crippen LogP contribution in [0, 0.1) is 0 Å². The summed E-state index contributed by atoms with van der Waals surface area (Å²) in [5.41, 5.74) is 1.48. The van der Waals surface area contributed by atoms with Crippen molar-refractivity contribution in [1.29, 1.82) is 0 Å². The van der Waals surface area contributed by atoms with E-state index in [4.69, 9.17) is 16.7 Å². The normalized spacial score (nSPS) is 10.8. The number of aromatic nitrogens is 1. The second-order valence-corrected chi connectivity index (χ2v) is 4.85. The number of aliphatic carboxylic acids is 1. The van der Waals surface area contributed by atoms with E-state index in [2.05, 4.69) is 4.98 Å². The monoisotopic (exact) mass is 279 g/mol. The van der Waals surface area contributed by atoms with Gasteiger partial charge in [-0.25, -0.2) is 0 Å². The van der Waals surface area contributed by atoms with Crippen molar-refractivity contribution < 1.29 is 14.7 Å². The van der Waals surface area contributed by atoms with Crippen LogP contribution in [0.2, 0.25) is 5.02 Å². The highest BCUT2D eigenvalue weighted by Gasteiger charge is 2.12. The van der Waals surface area contributed by atoms with Gasteiger partial charge in [0.1, 0.15) is 0 Å². The van der Waals surface area contributed by atoms with Crippen LogP contribution >= 0.6 is 11.6 Å². The van der Waals surface area contributed by atoms with Crippen LogP contribution < -0.4 is 0 Å². The molecular formula is C14H14ClNO3. The predicted octanol–water partition coefficient (Wildman–Crippen LogP) is 3.65. The molecule has 100 valence electrons. The standard InChI is InChI=1S/C14H14ClNO3/c15-9-5-6-10-11(8-16-12(10)7-9)13(17)3-1-2-4-14(18)19/h5-8,16H,1-4H2,(H,18,19). The third-order valence-corrected chi connectivity index (χ3v) is 3.22. The molecule has 0 radical (unpaired) electrons. The highest BCUT2D eigenvalue weighted by molar-refractivity contribution is 6.31. The number of benzene rings is 1. The first-order chi connectivity index (χ1) is 9.08. The maximum Gasteiger partial charge on any atom is 0.303 e. The number of hydrogen-bond donors (Lipinski definition) is 2. The van der Waals surface area contributed by atoms with Crippen LogP contribution in [0.3, 0.4) is 0 Å². The first-order valence-corrected chi connectivity index (χ1v) is 6.47. The minimum Gasteiger partial charge on any atom is -0.481 e. The van der Waals surface area contributed by atoms with E-state index in [-0.39, 0.29) is 12.2 Å². The molecule has 0 atom stereocenters. The summed E-state index contributed by atoms with van der Waals surface area (Å²) in [6.07, 6.45) is 3.26. The summed E-state index contributed by atoms with van der Waals surface area (Å²) in [7, 11) is 0. The summed E-state index contributed by atoms with van der Waals surface area (Å²) in [6, 6.07) is 5.34. The summed E-state index contributed by atoms with van der Waals surface area (Å²) in [5, 5.41) is 10.0. The van der Waals surface area contributed by atoms with Gasteiger partial charge in [-0.3, -0.25) is 9.59 Å². The third kappa shape index (κ3) is 3.35. The second-order valence-electron chi connectivity index (χ2n) is 4.42. The molecule has 0 unspecified atom stereocenters. The molecule has 1 aromatic heterocycles. The zero-order chi connectivity index (χ0) is 13.8. The first kappa shape index (κ1) is 13.6. The molecule has 19 heavy (non-hydrogen) atoms. The van der Waals surface area contributed by atoms with Gasteiger partial charge in [0.25, 0.3) is 0 Å². The van der Waals surface area contributed by atoms with E-state index < -0.39 is 5.97 Å². The quantitative estimate of drug-likeness (QED) is 0.626. The average molecular weight is 280 g/mol. The Balaban J connectivity index is 2.03. The lowest BCUT2D eigenvalue weighted by molar-refractivity contribution is -0.137. The molecule has 0 amide bonds. The van der Waals surface area contributed by atoms with E-state index in [1.807, 2.05) is 6.07 Å². The number of unbranched alkanes of at least 4 members (excludes halogenated alkanes) is 1. The third-order valence-electron chi connectivity index (χ3n) is 2.99. The molecule has 5 heteroatoms. The van der Waals surface area contributed by atoms with Gasteiger partial charge in [-0.1, -0.05) is 17.7 Å². The molecule has 0 aliphatic heterocycles. The lowest BCUT2D eigenvalue weighted by Crippen LogP contribution is -1.99. The molecule has 0 aliphatic carbocycles. The Hall–Kier alpha value is -1.81. The maximum absolute atomic E-state index is 12.0. The van der Waals surface area contributed by atoms with Gasteiger partial charge >= 0.3 is 5.97 Å². The molecule has 0 bridgehead atoms. The predicted molar refractivity (Wildman–Crippen MR) is 73.7 cm³/mol. The minimum absolute atomic E-state index is 0.0268. The molecule has 1 heterocycles. The van der Waals surface area contributed by atoms with E-state index in [0.717, 1.165) is 10.9 Å². The summed E-state index contributed by atoms with van der Waals surface area (Å²) >= 11 is 5.88. The fraction of sp³-hybridized carbons (Fsp3) is 0.286. The SMILES string of the molecule is O=C(O)CCCCC(=O)c1c[nH]c2cc(Cl)ccc12. The van der Waals surface area contributed by atoms with Gasteiger partial charge in [-0.05, 0) is 25.0 Å². The van der Waals surface area contributed by atoms with Gasteiger partial charge in [0.05, 0.1) is 0 Å². The summed E-state index contributed by atoms with van der Waals surface area (Å²) in [6.45, 7) is 0. The van der Waals surface area contributed by atoms with Crippen LogP contribution in [0.5, 0.6) is 0 Å². The van der Waals surface area contributed by atoms with Crippen LogP contribution in [0.15, 0.2) is 24.4 Å². The number of halogens is 1. The lowest BCUT2D eigenvalue weighted by Gasteiger charge is -1.99. The molecule has 0 saturated carbocycles. The van der Waals surface area contributed by atoms with Crippen molar-refractivity contribution in [2.24, 2.45) is 0 Å². The highest BCUT2D eigenvalue weighted by atomic mass is 35.5. The Bertz CT molecular complexity index is 618. The number of ketones is 1. The van der Waals surface area contributed by atoms with Crippen molar-refractivity contribution in [1.82, 2.24) is 4.98 Å². The Labute approximate surface area is 115 Å². The molecule has 0 saturated heterocycles. The van der Waals surface area contributed by atoms with E-state index >= 15 is 0 Å². The zero-order valence-electron chi connectivity index (χ0n) is 10.3. The summed E-state index contributed by atoms with van der Waals surface area (Å²) < 4.78 is 0. The Kier molecular flexibility index (Phi) is 4.22. The molecule has 4 nitrogen and oxygen atoms in total. The fourth-order valence-electron chi connectivity index (χ4n) is 2.03. The van der Waals surface area contributed by atoms with E-state index in [1.54, 1.807) is 18.3 Å². The Morgan fingerprint density at radius 2 is 1.95 bits per heavy atom. The van der Waals surface area contributed by atoms with E-state index in [9.17, 15) is 9.59 Å². The number of hydrogen-bond acceptors (Lipinski definition) is 2. The first-order valence-electron chi connectivity index (χ1n) is 6.09. The number of nitrogens with one attached hydrogen (secondary N) is 1. The minimum atomic E-state index is -0.825. The molecule has 2 rings (SSSR count). The Morgan fingerprint density at radius 1 is 1.21 bits per heavy atom. The van der Waals surface area contributed by atoms with Crippen LogP contribution in [0.25, 0.3) is 10.9 Å². The van der Waals surface area contributed by atoms with Gasteiger partial charge in [0.15, 0.2) is 5.78 Å². The number of carbonyl (C=O) groups excluding carboxylic acids is 1. The molecule has 0 fully saturated rings. The van der Waals surface area contributed by atoms with Gasteiger partial charge in [0.2, 0.25) is 0 Å². The van der Waals surface area contributed by atoms with Crippen molar-refractivity contribution in [3.63, 3.8) is 0 Å². The van der Waals surface area contributed by atoms with Gasteiger partial charge in [-0.15, -0.1) is 0 Å². The topological polar surface area (TPSA) is 70.2 Å². The number of carboxylic acid groups (broad SMARTS) is 1. The van der Waals surface area contributed by atoms with Crippen LogP contribution in [-0.2, 0) is 4.79 Å². The number of carboxylic acids is 1. The summed E-state index contributed by atoms with van der Waals surface area (Å²) in [4.78, 5) is 25.4. The van der Waals surface area contributed by atoms with E-state index in [0.29, 0.717) is 29.8 Å². The van der Waals surface area contributed by atoms with Crippen molar-refractivity contribution in [2.45, 2.75) is 25.7 Å². The van der Waals surface area contributed by atoms with Crippen LogP contribution in [0.4, 0.5) is 0 Å². The second kappa shape index (κ2) is 5.89. The number of H-pyrrole nitrogens is 1. The average Bonchev–Trinajstić information content (AvgIpc) is 2.77. The smallest absolute Gasteiger partial charge is 0.303 e. The van der Waals surface area contributed by atoms with Crippen molar-refractivity contribution in [2.75, 3.05) is 0 Å². The van der Waals surface area contributed by atoms with Crippen molar-refractivity contribution in [3.8, 4) is 0 Å². The van der Waals surface area contributed by atoms with E-state index in [1.165, 1.54) is 0 Å². The molecule has 2 N–H and O–H groups in total. The van der Waals surface area contributed by atoms with Crippen molar-refractivity contribution >= 4 is 34.3 Å². The zero-order valence-corrected chi connectivity index (χ0v) is 11.0. The number of rotatable bonds is 6. The molecule has 2 aromatic rings. The molecule has 1 aromatic carbocycles. The molecule has 0 spiro atoms.